The minimum atomic E-state index is -0.310. The van der Waals surface area contributed by atoms with Crippen LogP contribution in [0.5, 0.6) is 0 Å². The number of aryl methyl sites for hydroxylation is 1. The third-order valence-corrected chi connectivity index (χ3v) is 4.76. The number of rotatable bonds is 7. The molecule has 0 bridgehead atoms. The van der Waals surface area contributed by atoms with Gasteiger partial charge in [-0.1, -0.05) is 23.4 Å². The van der Waals surface area contributed by atoms with Gasteiger partial charge in [0.05, 0.1) is 0 Å². The molecule has 1 amide bonds. The Morgan fingerprint density at radius 1 is 1.14 bits per heavy atom. The van der Waals surface area contributed by atoms with Crippen molar-refractivity contribution in [3.8, 4) is 11.4 Å². The number of carbonyl (C=O) groups excluding carboxylic acids is 1. The van der Waals surface area contributed by atoms with Crippen molar-refractivity contribution in [3.05, 3.63) is 70.9 Å². The normalized spacial score (nSPS) is 12.3. The molecular formula is C21H22ClFN4O2. The molecule has 2 N–H and O–H groups in total. The first-order chi connectivity index (χ1) is 13.7. The van der Waals surface area contributed by atoms with Gasteiger partial charge in [-0.15, -0.1) is 12.4 Å². The van der Waals surface area contributed by atoms with Crippen molar-refractivity contribution in [2.24, 2.45) is 0 Å². The Morgan fingerprint density at radius 3 is 2.76 bits per heavy atom. The Labute approximate surface area is 174 Å². The van der Waals surface area contributed by atoms with Gasteiger partial charge >= 0.3 is 0 Å². The van der Waals surface area contributed by atoms with Crippen LogP contribution in [0.15, 0.2) is 47.0 Å². The summed E-state index contributed by atoms with van der Waals surface area (Å²) < 4.78 is 18.2. The van der Waals surface area contributed by atoms with Crippen molar-refractivity contribution < 1.29 is 13.7 Å². The molecule has 8 heteroatoms. The van der Waals surface area contributed by atoms with Crippen molar-refractivity contribution in [2.75, 3.05) is 0 Å². The average molecular weight is 417 g/mol. The highest BCUT2D eigenvalue weighted by molar-refractivity contribution is 5.85. The maximum Gasteiger partial charge on any atom is 0.226 e. The molecule has 0 saturated carbocycles. The molecule has 0 radical (unpaired) electrons. The lowest BCUT2D eigenvalue weighted by Gasteiger charge is -2.06. The first kappa shape index (κ1) is 21.0. The summed E-state index contributed by atoms with van der Waals surface area (Å²) in [5.74, 6) is 0.579. The zero-order valence-electron chi connectivity index (χ0n) is 15.8. The van der Waals surface area contributed by atoms with E-state index in [9.17, 15) is 9.18 Å². The molecule has 0 fully saturated rings. The fourth-order valence-electron chi connectivity index (χ4n) is 3.22. The fourth-order valence-corrected chi connectivity index (χ4v) is 3.22. The summed E-state index contributed by atoms with van der Waals surface area (Å²) in [5.41, 5.74) is 4.44. The Balaban J connectivity index is 0.00000240. The van der Waals surface area contributed by atoms with E-state index in [0.29, 0.717) is 43.1 Å². The third kappa shape index (κ3) is 5.40. The van der Waals surface area contributed by atoms with Gasteiger partial charge in [-0.05, 0) is 47.4 Å². The quantitative estimate of drug-likeness (QED) is 0.615. The van der Waals surface area contributed by atoms with E-state index < -0.39 is 0 Å². The molecular weight excluding hydrogens is 395 g/mol. The lowest BCUT2D eigenvalue weighted by Crippen LogP contribution is -2.22. The fraction of sp³-hybridized carbons (Fsp3) is 0.286. The van der Waals surface area contributed by atoms with Gasteiger partial charge in [0, 0.05) is 38.0 Å². The van der Waals surface area contributed by atoms with Crippen molar-refractivity contribution >= 4 is 18.3 Å². The monoisotopic (exact) mass is 416 g/mol. The molecule has 0 spiro atoms. The van der Waals surface area contributed by atoms with E-state index in [0.717, 1.165) is 18.7 Å². The maximum atomic E-state index is 13.0. The van der Waals surface area contributed by atoms with Crippen molar-refractivity contribution in [1.29, 1.82) is 0 Å². The number of carbonyl (C=O) groups is 1. The SMILES string of the molecule is Cl.O=C(CCCc1nc(-c2ccc(F)cc2)no1)NCc1ccc2c(c1)CNC2. The second-order valence-corrected chi connectivity index (χ2v) is 6.86. The number of nitrogens with one attached hydrogen (secondary N) is 2. The second-order valence-electron chi connectivity index (χ2n) is 6.86. The smallest absolute Gasteiger partial charge is 0.226 e. The molecule has 152 valence electrons. The van der Waals surface area contributed by atoms with E-state index in [1.165, 1.54) is 23.3 Å². The van der Waals surface area contributed by atoms with Gasteiger partial charge in [0.25, 0.3) is 0 Å². The third-order valence-electron chi connectivity index (χ3n) is 4.76. The van der Waals surface area contributed by atoms with Gasteiger partial charge in [-0.25, -0.2) is 4.39 Å². The standard InChI is InChI=1S/C21H21FN4O2.ClH/c22-18-8-6-15(7-9-18)21-25-20(28-26-21)3-1-2-19(27)24-11-14-4-5-16-12-23-13-17(16)10-14;/h4-10,23H,1-3,11-13H2,(H,24,27);1H. The lowest BCUT2D eigenvalue weighted by atomic mass is 10.1. The maximum absolute atomic E-state index is 13.0. The predicted molar refractivity (Wildman–Crippen MR) is 109 cm³/mol. The van der Waals surface area contributed by atoms with Crippen LogP contribution in [0.2, 0.25) is 0 Å². The Kier molecular flexibility index (Phi) is 6.95. The van der Waals surface area contributed by atoms with Gasteiger partial charge in [-0.3, -0.25) is 4.79 Å². The number of fused-ring (bicyclic) bond motifs is 1. The molecule has 0 saturated heterocycles. The average Bonchev–Trinajstić information content (AvgIpc) is 3.36. The number of halogens is 2. The minimum absolute atomic E-state index is 0. The van der Waals surface area contributed by atoms with Crippen molar-refractivity contribution in [1.82, 2.24) is 20.8 Å². The molecule has 0 atom stereocenters. The van der Waals surface area contributed by atoms with Crippen LogP contribution >= 0.6 is 12.4 Å². The van der Waals surface area contributed by atoms with Crippen LogP contribution in [-0.4, -0.2) is 16.0 Å². The molecule has 6 nitrogen and oxygen atoms in total. The minimum Gasteiger partial charge on any atom is -0.352 e. The molecule has 2 aromatic carbocycles. The number of benzene rings is 2. The van der Waals surface area contributed by atoms with Crippen molar-refractivity contribution in [2.45, 2.75) is 38.9 Å². The van der Waals surface area contributed by atoms with E-state index in [1.807, 2.05) is 0 Å². The highest BCUT2D eigenvalue weighted by atomic mass is 35.5. The van der Waals surface area contributed by atoms with E-state index in [-0.39, 0.29) is 24.1 Å². The molecule has 1 aliphatic heterocycles. The molecule has 0 unspecified atom stereocenters. The number of aromatic nitrogens is 2. The first-order valence-electron chi connectivity index (χ1n) is 9.34. The zero-order chi connectivity index (χ0) is 19.3. The van der Waals surface area contributed by atoms with Crippen LogP contribution in [0.1, 0.15) is 35.4 Å². The lowest BCUT2D eigenvalue weighted by molar-refractivity contribution is -0.121. The highest BCUT2D eigenvalue weighted by Crippen LogP contribution is 2.18. The molecule has 29 heavy (non-hydrogen) atoms. The van der Waals surface area contributed by atoms with E-state index in [2.05, 4.69) is 39.0 Å². The van der Waals surface area contributed by atoms with Gasteiger partial charge in [-0.2, -0.15) is 4.98 Å². The van der Waals surface area contributed by atoms with Crippen LogP contribution in [0.4, 0.5) is 4.39 Å². The Morgan fingerprint density at radius 2 is 1.93 bits per heavy atom. The van der Waals surface area contributed by atoms with Crippen molar-refractivity contribution in [3.63, 3.8) is 0 Å². The Hall–Kier alpha value is -2.77. The molecule has 3 aromatic rings. The van der Waals surface area contributed by atoms with Gasteiger partial charge in [0.15, 0.2) is 0 Å². The second kappa shape index (κ2) is 9.62. The van der Waals surface area contributed by atoms with Crippen LogP contribution in [0.25, 0.3) is 11.4 Å². The molecule has 1 aromatic heterocycles. The van der Waals surface area contributed by atoms with Crippen LogP contribution < -0.4 is 10.6 Å². The summed E-state index contributed by atoms with van der Waals surface area (Å²) >= 11 is 0. The summed E-state index contributed by atoms with van der Waals surface area (Å²) in [5, 5.41) is 10.2. The number of hydrogen-bond acceptors (Lipinski definition) is 5. The Bertz CT molecular complexity index is 975. The summed E-state index contributed by atoms with van der Waals surface area (Å²) in [7, 11) is 0. The molecule has 4 rings (SSSR count). The number of hydrogen-bond donors (Lipinski definition) is 2. The van der Waals surface area contributed by atoms with Gasteiger partial charge in [0.2, 0.25) is 17.6 Å². The summed E-state index contributed by atoms with van der Waals surface area (Å²) in [6.45, 7) is 2.34. The predicted octanol–water partition coefficient (Wildman–Crippen LogP) is 3.54. The largest absolute Gasteiger partial charge is 0.352 e. The topological polar surface area (TPSA) is 80.0 Å². The van der Waals surface area contributed by atoms with E-state index in [1.54, 1.807) is 12.1 Å². The highest BCUT2D eigenvalue weighted by Gasteiger charge is 2.12. The number of nitrogens with zero attached hydrogens (tertiary/aromatic N) is 2. The number of amides is 1. The summed E-state index contributed by atoms with van der Waals surface area (Å²) in [4.78, 5) is 16.4. The first-order valence-corrected chi connectivity index (χ1v) is 9.34. The van der Waals surface area contributed by atoms with E-state index >= 15 is 0 Å². The molecule has 1 aliphatic rings. The summed E-state index contributed by atoms with van der Waals surface area (Å²) in [6.07, 6.45) is 1.53. The van der Waals surface area contributed by atoms with E-state index in [4.69, 9.17) is 4.52 Å². The van der Waals surface area contributed by atoms with Gasteiger partial charge < -0.3 is 15.2 Å². The van der Waals surface area contributed by atoms with Gasteiger partial charge in [0.1, 0.15) is 5.82 Å². The molecule has 2 heterocycles. The van der Waals surface area contributed by atoms with Crippen LogP contribution in [0.3, 0.4) is 0 Å². The summed E-state index contributed by atoms with van der Waals surface area (Å²) in [6, 6.07) is 12.2. The zero-order valence-corrected chi connectivity index (χ0v) is 16.6. The van der Waals surface area contributed by atoms with Crippen LogP contribution in [0, 0.1) is 5.82 Å². The molecule has 0 aliphatic carbocycles. The van der Waals surface area contributed by atoms with Crippen LogP contribution in [-0.2, 0) is 30.8 Å².